The predicted octanol–water partition coefficient (Wildman–Crippen LogP) is 3.35. The highest BCUT2D eigenvalue weighted by Crippen LogP contribution is 2.29. The van der Waals surface area contributed by atoms with Crippen molar-refractivity contribution in [3.8, 4) is 22.8 Å². The predicted molar refractivity (Wildman–Crippen MR) is 110 cm³/mol. The fourth-order valence-electron chi connectivity index (χ4n) is 3.49. The third-order valence-electron chi connectivity index (χ3n) is 5.27. The molecule has 152 valence electrons. The van der Waals surface area contributed by atoms with E-state index in [2.05, 4.69) is 10.1 Å². The lowest BCUT2D eigenvalue weighted by Crippen LogP contribution is -2.35. The Bertz CT molecular complexity index is 1100. The highest BCUT2D eigenvalue weighted by molar-refractivity contribution is 7.89. The van der Waals surface area contributed by atoms with Crippen molar-refractivity contribution in [2.24, 2.45) is 5.73 Å². The van der Waals surface area contributed by atoms with Crippen LogP contribution in [0.2, 0.25) is 0 Å². The van der Waals surface area contributed by atoms with Gasteiger partial charge in [-0.2, -0.15) is 9.29 Å². The molecule has 1 fully saturated rings. The van der Waals surface area contributed by atoms with Crippen LogP contribution in [0, 0.1) is 6.92 Å². The van der Waals surface area contributed by atoms with Crippen LogP contribution < -0.4 is 5.73 Å². The Morgan fingerprint density at radius 3 is 2.48 bits per heavy atom. The molecule has 0 amide bonds. The first-order chi connectivity index (χ1) is 14.0. The van der Waals surface area contributed by atoms with Gasteiger partial charge in [0, 0.05) is 30.8 Å². The summed E-state index contributed by atoms with van der Waals surface area (Å²) >= 11 is 0. The van der Waals surface area contributed by atoms with Gasteiger partial charge >= 0.3 is 0 Å². The summed E-state index contributed by atoms with van der Waals surface area (Å²) in [7, 11) is -3.53. The fraction of sp³-hybridized carbons (Fsp3) is 0.333. The summed E-state index contributed by atoms with van der Waals surface area (Å²) < 4.78 is 33.1. The van der Waals surface area contributed by atoms with Gasteiger partial charge in [-0.05, 0) is 43.0 Å². The van der Waals surface area contributed by atoms with Crippen molar-refractivity contribution in [2.45, 2.75) is 37.6 Å². The maximum atomic E-state index is 13.0. The van der Waals surface area contributed by atoms with Crippen LogP contribution in [0.5, 0.6) is 0 Å². The molecule has 0 unspecified atom stereocenters. The molecular formula is C21H24N4O3S. The number of rotatable bonds is 5. The van der Waals surface area contributed by atoms with E-state index in [4.69, 9.17) is 10.3 Å². The zero-order chi connectivity index (χ0) is 20.4. The van der Waals surface area contributed by atoms with Gasteiger partial charge in [0.1, 0.15) is 0 Å². The van der Waals surface area contributed by atoms with E-state index in [1.807, 2.05) is 31.2 Å². The van der Waals surface area contributed by atoms with Gasteiger partial charge in [0.2, 0.25) is 15.8 Å². The second kappa shape index (κ2) is 8.06. The maximum absolute atomic E-state index is 13.0. The Labute approximate surface area is 170 Å². The minimum Gasteiger partial charge on any atom is -0.334 e. The molecule has 2 N–H and O–H groups in total. The Hall–Kier alpha value is -2.55. The number of piperidine rings is 1. The molecule has 0 radical (unpaired) electrons. The molecule has 0 atom stereocenters. The van der Waals surface area contributed by atoms with E-state index in [0.29, 0.717) is 36.9 Å². The lowest BCUT2D eigenvalue weighted by Gasteiger charge is -2.26. The summed E-state index contributed by atoms with van der Waals surface area (Å²) in [6.45, 7) is 3.49. The third-order valence-corrected chi connectivity index (χ3v) is 7.16. The van der Waals surface area contributed by atoms with Gasteiger partial charge in [0.05, 0.1) is 4.90 Å². The van der Waals surface area contributed by atoms with Crippen molar-refractivity contribution < 1.29 is 12.9 Å². The zero-order valence-corrected chi connectivity index (χ0v) is 17.2. The van der Waals surface area contributed by atoms with Gasteiger partial charge in [0.15, 0.2) is 0 Å². The van der Waals surface area contributed by atoms with Crippen LogP contribution in [0.15, 0.2) is 51.9 Å². The molecule has 2 heterocycles. The molecule has 1 aliphatic rings. The van der Waals surface area contributed by atoms with Crippen LogP contribution in [-0.4, -0.2) is 36.0 Å². The molecule has 1 saturated heterocycles. The molecule has 1 aromatic heterocycles. The van der Waals surface area contributed by atoms with E-state index in [0.717, 1.165) is 36.0 Å². The maximum Gasteiger partial charge on any atom is 0.258 e. The first-order valence-electron chi connectivity index (χ1n) is 9.73. The Morgan fingerprint density at radius 2 is 1.79 bits per heavy atom. The van der Waals surface area contributed by atoms with Gasteiger partial charge in [-0.3, -0.25) is 0 Å². The number of nitrogens with zero attached hydrogens (tertiary/aromatic N) is 3. The van der Waals surface area contributed by atoms with Crippen LogP contribution in [0.25, 0.3) is 22.8 Å². The number of nitrogens with two attached hydrogens (primary N) is 1. The zero-order valence-electron chi connectivity index (χ0n) is 16.3. The number of sulfonamides is 1. The van der Waals surface area contributed by atoms with Gasteiger partial charge in [0.25, 0.3) is 5.89 Å². The lowest BCUT2D eigenvalue weighted by molar-refractivity contribution is 0.346. The van der Waals surface area contributed by atoms with Crippen LogP contribution in [0.1, 0.15) is 30.4 Å². The summed E-state index contributed by atoms with van der Waals surface area (Å²) in [5, 5.41) is 4.06. The van der Waals surface area contributed by atoms with E-state index in [9.17, 15) is 8.42 Å². The quantitative estimate of drug-likeness (QED) is 0.689. The van der Waals surface area contributed by atoms with Crippen molar-refractivity contribution in [1.82, 2.24) is 14.4 Å². The molecule has 0 spiro atoms. The first-order valence-corrected chi connectivity index (χ1v) is 11.2. The number of hydrogen-bond acceptors (Lipinski definition) is 6. The first kappa shape index (κ1) is 19.8. The molecule has 4 rings (SSSR count). The molecule has 7 nitrogen and oxygen atoms in total. The SMILES string of the molecule is Cc1ccc(S(=O)(=O)N2CCCCC2)cc1-c1nc(-c2ccc(CN)cc2)no1. The standard InChI is InChI=1S/C21H24N4O3S/c1-15-5-10-18(29(26,27)25-11-3-2-4-12-25)13-19(15)21-23-20(24-28-21)17-8-6-16(14-22)7-9-17/h5-10,13H,2-4,11-12,14,22H2,1H3. The van der Waals surface area contributed by atoms with E-state index in [-0.39, 0.29) is 4.90 Å². The summed E-state index contributed by atoms with van der Waals surface area (Å²) in [4.78, 5) is 4.74. The molecule has 0 saturated carbocycles. The summed E-state index contributed by atoms with van der Waals surface area (Å²) in [6.07, 6.45) is 2.87. The second-order valence-electron chi connectivity index (χ2n) is 7.27. The van der Waals surface area contributed by atoms with Crippen LogP contribution >= 0.6 is 0 Å². The highest BCUT2D eigenvalue weighted by Gasteiger charge is 2.27. The third kappa shape index (κ3) is 3.96. The molecule has 0 bridgehead atoms. The lowest BCUT2D eigenvalue weighted by atomic mass is 10.1. The van der Waals surface area contributed by atoms with Crippen molar-refractivity contribution >= 4 is 10.0 Å². The molecule has 8 heteroatoms. The minimum absolute atomic E-state index is 0.257. The molecular weight excluding hydrogens is 388 g/mol. The Kier molecular flexibility index (Phi) is 5.49. The number of benzene rings is 2. The van der Waals surface area contributed by atoms with Gasteiger partial charge in [-0.15, -0.1) is 0 Å². The van der Waals surface area contributed by atoms with E-state index in [1.165, 1.54) is 0 Å². The highest BCUT2D eigenvalue weighted by atomic mass is 32.2. The number of aryl methyl sites for hydroxylation is 1. The smallest absolute Gasteiger partial charge is 0.258 e. The largest absolute Gasteiger partial charge is 0.334 e. The minimum atomic E-state index is -3.53. The molecule has 0 aliphatic carbocycles. The van der Waals surface area contributed by atoms with Crippen LogP contribution in [0.4, 0.5) is 0 Å². The van der Waals surface area contributed by atoms with E-state index in [1.54, 1.807) is 22.5 Å². The molecule has 29 heavy (non-hydrogen) atoms. The van der Waals surface area contributed by atoms with Gasteiger partial charge in [-0.25, -0.2) is 8.42 Å². The summed E-state index contributed by atoms with van der Waals surface area (Å²) in [5.41, 5.74) is 8.96. The Morgan fingerprint density at radius 1 is 1.07 bits per heavy atom. The molecule has 3 aromatic rings. The fourth-order valence-corrected chi connectivity index (χ4v) is 5.03. The number of hydrogen-bond donors (Lipinski definition) is 1. The second-order valence-corrected chi connectivity index (χ2v) is 9.20. The van der Waals surface area contributed by atoms with Gasteiger partial charge < -0.3 is 10.3 Å². The van der Waals surface area contributed by atoms with Crippen molar-refractivity contribution in [3.05, 3.63) is 53.6 Å². The monoisotopic (exact) mass is 412 g/mol. The summed E-state index contributed by atoms with van der Waals surface area (Å²) in [5.74, 6) is 0.753. The van der Waals surface area contributed by atoms with Crippen LogP contribution in [0.3, 0.4) is 0 Å². The average Bonchev–Trinajstić information content (AvgIpc) is 3.24. The topological polar surface area (TPSA) is 102 Å². The Balaban J connectivity index is 1.67. The van der Waals surface area contributed by atoms with Gasteiger partial charge in [-0.1, -0.05) is 41.9 Å². The summed E-state index contributed by atoms with van der Waals surface area (Å²) in [6, 6.07) is 12.7. The molecule has 1 aliphatic heterocycles. The normalized spacial score (nSPS) is 15.5. The number of aromatic nitrogens is 2. The molecule has 2 aromatic carbocycles. The van der Waals surface area contributed by atoms with E-state index < -0.39 is 10.0 Å². The van der Waals surface area contributed by atoms with E-state index >= 15 is 0 Å². The van der Waals surface area contributed by atoms with Crippen molar-refractivity contribution in [1.29, 1.82) is 0 Å². The van der Waals surface area contributed by atoms with Crippen molar-refractivity contribution in [3.63, 3.8) is 0 Å². The van der Waals surface area contributed by atoms with Crippen LogP contribution in [-0.2, 0) is 16.6 Å². The van der Waals surface area contributed by atoms with Crippen molar-refractivity contribution in [2.75, 3.05) is 13.1 Å². The average molecular weight is 413 g/mol.